The Kier molecular flexibility index (Phi) is 7.43. The molecule has 1 unspecified atom stereocenters. The minimum atomic E-state index is -0.266. The summed E-state index contributed by atoms with van der Waals surface area (Å²) in [4.78, 5) is 14.9. The van der Waals surface area contributed by atoms with Crippen LogP contribution in [-0.4, -0.2) is 49.6 Å². The fourth-order valence-corrected chi connectivity index (χ4v) is 4.81. The lowest BCUT2D eigenvalue weighted by atomic mass is 9.84. The zero-order chi connectivity index (χ0) is 24.2. The van der Waals surface area contributed by atoms with E-state index in [-0.39, 0.29) is 45.0 Å². The van der Waals surface area contributed by atoms with E-state index in [1.165, 1.54) is 31.4 Å². The number of tetrazole rings is 1. The highest BCUT2D eigenvalue weighted by Crippen LogP contribution is 2.40. The molecule has 180 valence electrons. The van der Waals surface area contributed by atoms with Crippen molar-refractivity contribution in [1.82, 2.24) is 25.5 Å². The van der Waals surface area contributed by atoms with Gasteiger partial charge in [0, 0.05) is 18.8 Å². The van der Waals surface area contributed by atoms with Gasteiger partial charge in [0.2, 0.25) is 0 Å². The van der Waals surface area contributed by atoms with Gasteiger partial charge in [-0.2, -0.15) is 5.21 Å². The maximum Gasteiger partial charge on any atom is 0.267 e. The van der Waals surface area contributed by atoms with Crippen molar-refractivity contribution in [3.63, 3.8) is 0 Å². The first kappa shape index (κ1) is 24.1. The summed E-state index contributed by atoms with van der Waals surface area (Å²) in [6.45, 7) is 2.06. The number of anilines is 2. The number of H-pyrrole nitrogens is 1. The van der Waals surface area contributed by atoms with Crippen LogP contribution in [0, 0.1) is 5.92 Å². The summed E-state index contributed by atoms with van der Waals surface area (Å²) in [6, 6.07) is 7.75. The predicted octanol–water partition coefficient (Wildman–Crippen LogP) is 5.79. The summed E-state index contributed by atoms with van der Waals surface area (Å²) in [5.74, 6) is 0.878. The van der Waals surface area contributed by atoms with Crippen LogP contribution in [0.2, 0.25) is 10.0 Å². The smallest absolute Gasteiger partial charge is 0.267 e. The van der Waals surface area contributed by atoms with Crippen LogP contribution in [0.25, 0.3) is 0 Å². The van der Waals surface area contributed by atoms with E-state index in [0.29, 0.717) is 17.4 Å². The highest BCUT2D eigenvalue weighted by Gasteiger charge is 2.28. The molecule has 1 atom stereocenters. The summed E-state index contributed by atoms with van der Waals surface area (Å²) in [6.07, 6.45) is 5.86. The number of carbonyl (C=O) groups excluding carboxylic acids is 1. The number of amides is 1. The molecular weight excluding hydrogens is 479 g/mol. The molecule has 1 amide bonds. The molecule has 1 heterocycles. The topological polar surface area (TPSA) is 116 Å². The van der Waals surface area contributed by atoms with Crippen LogP contribution >= 0.6 is 23.2 Å². The van der Waals surface area contributed by atoms with Crippen LogP contribution in [0.15, 0.2) is 30.3 Å². The molecule has 0 bridgehead atoms. The lowest BCUT2D eigenvalue weighted by Crippen LogP contribution is -2.40. The number of nitrogens with one attached hydrogen (secondary N) is 2. The Hall–Kier alpha value is -3.04. The number of benzene rings is 2. The molecule has 1 saturated carbocycles. The molecule has 0 spiro atoms. The molecule has 1 fully saturated rings. The van der Waals surface area contributed by atoms with E-state index in [2.05, 4.69) is 32.9 Å². The number of carbonyl (C=O) groups is 1. The van der Waals surface area contributed by atoms with Crippen LogP contribution < -0.4 is 10.1 Å². The molecule has 0 radical (unpaired) electrons. The van der Waals surface area contributed by atoms with Gasteiger partial charge >= 0.3 is 0 Å². The Bertz CT molecular complexity index is 1130. The lowest BCUT2D eigenvalue weighted by Gasteiger charge is -2.34. The third-order valence-electron chi connectivity index (χ3n) is 6.28. The second-order valence-corrected chi connectivity index (χ2v) is 9.28. The first-order valence-electron chi connectivity index (χ1n) is 11.1. The molecule has 1 aliphatic carbocycles. The second kappa shape index (κ2) is 10.5. The second-order valence-electron chi connectivity index (χ2n) is 8.47. The van der Waals surface area contributed by atoms with Crippen molar-refractivity contribution in [2.24, 2.45) is 5.92 Å². The van der Waals surface area contributed by atoms with E-state index < -0.39 is 0 Å². The summed E-state index contributed by atoms with van der Waals surface area (Å²) in [5, 5.41) is 27.2. The van der Waals surface area contributed by atoms with Crippen molar-refractivity contribution in [2.75, 3.05) is 12.4 Å². The number of hydrogen-bond acceptors (Lipinski definition) is 7. The van der Waals surface area contributed by atoms with Crippen LogP contribution in [0.5, 0.6) is 17.2 Å². The van der Waals surface area contributed by atoms with Gasteiger partial charge in [-0.25, -0.2) is 0 Å². The molecule has 3 N–H and O–H groups in total. The quantitative estimate of drug-likeness (QED) is 0.372. The first-order valence-corrected chi connectivity index (χ1v) is 11.9. The summed E-state index contributed by atoms with van der Waals surface area (Å²) in [5.41, 5.74) is 0.703. The number of aromatic nitrogens is 4. The number of ether oxygens (including phenoxy) is 1. The number of nitrogens with zero attached hydrogens (tertiary/aromatic N) is 4. The monoisotopic (exact) mass is 504 g/mol. The molecule has 3 aromatic rings. The third-order valence-corrected chi connectivity index (χ3v) is 6.84. The van der Waals surface area contributed by atoms with Crippen LogP contribution in [-0.2, 0) is 0 Å². The minimum absolute atomic E-state index is 0.0694. The third kappa shape index (κ3) is 5.37. The van der Waals surface area contributed by atoms with Crippen molar-refractivity contribution >= 4 is 40.7 Å². The normalized spacial score (nSPS) is 15.1. The van der Waals surface area contributed by atoms with Gasteiger partial charge in [0.25, 0.3) is 11.9 Å². The first-order chi connectivity index (χ1) is 16.3. The van der Waals surface area contributed by atoms with Crippen LogP contribution in [0.1, 0.15) is 49.4 Å². The summed E-state index contributed by atoms with van der Waals surface area (Å²) in [7, 11) is 1.78. The van der Waals surface area contributed by atoms with Gasteiger partial charge in [0.05, 0.1) is 15.6 Å². The molecule has 1 aromatic heterocycles. The van der Waals surface area contributed by atoms with Gasteiger partial charge in [-0.1, -0.05) is 47.6 Å². The minimum Gasteiger partial charge on any atom is -0.507 e. The molecule has 11 heteroatoms. The fourth-order valence-electron chi connectivity index (χ4n) is 4.25. The molecular formula is C23H26Cl2N6O3. The largest absolute Gasteiger partial charge is 0.507 e. The Morgan fingerprint density at radius 1 is 1.21 bits per heavy atom. The van der Waals surface area contributed by atoms with Crippen molar-refractivity contribution in [1.29, 1.82) is 0 Å². The fraction of sp³-hybridized carbons (Fsp3) is 0.391. The van der Waals surface area contributed by atoms with Crippen LogP contribution in [0.4, 0.5) is 11.6 Å². The molecule has 0 saturated heterocycles. The van der Waals surface area contributed by atoms with Crippen molar-refractivity contribution in [3.05, 3.63) is 45.9 Å². The van der Waals surface area contributed by atoms with Crippen LogP contribution in [0.3, 0.4) is 0 Å². The van der Waals surface area contributed by atoms with E-state index >= 15 is 0 Å². The van der Waals surface area contributed by atoms with E-state index in [4.69, 9.17) is 27.9 Å². The van der Waals surface area contributed by atoms with Gasteiger partial charge in [0.1, 0.15) is 11.5 Å². The van der Waals surface area contributed by atoms with E-state index in [9.17, 15) is 9.90 Å². The highest BCUT2D eigenvalue weighted by atomic mass is 35.5. The van der Waals surface area contributed by atoms with Gasteiger partial charge in [-0.3, -0.25) is 4.79 Å². The summed E-state index contributed by atoms with van der Waals surface area (Å²) < 4.78 is 5.91. The van der Waals surface area contributed by atoms with E-state index in [1.807, 2.05) is 0 Å². The number of aromatic amines is 1. The number of phenols is 1. The van der Waals surface area contributed by atoms with Crippen molar-refractivity contribution in [3.8, 4) is 17.2 Å². The number of phenolic OH excluding ortho intramolecular Hbond substituents is 1. The zero-order valence-electron chi connectivity index (χ0n) is 18.9. The number of aromatic hydroxyl groups is 1. The number of halogens is 2. The molecule has 4 rings (SSSR count). The van der Waals surface area contributed by atoms with Gasteiger partial charge in [-0.15, -0.1) is 5.10 Å². The zero-order valence-corrected chi connectivity index (χ0v) is 20.4. The van der Waals surface area contributed by atoms with Crippen molar-refractivity contribution in [2.45, 2.75) is 45.1 Å². The molecule has 9 nitrogen and oxygen atoms in total. The number of hydrogen-bond donors (Lipinski definition) is 3. The Balaban J connectivity index is 1.52. The Labute approximate surface area is 207 Å². The van der Waals surface area contributed by atoms with Crippen molar-refractivity contribution < 1.29 is 14.6 Å². The average Bonchev–Trinajstić information content (AvgIpc) is 3.34. The highest BCUT2D eigenvalue weighted by molar-refractivity contribution is 6.37. The van der Waals surface area contributed by atoms with Gasteiger partial charge < -0.3 is 20.1 Å². The predicted molar refractivity (Wildman–Crippen MR) is 130 cm³/mol. The lowest BCUT2D eigenvalue weighted by molar-refractivity contribution is 0.0662. The SMILES string of the molecule is CC(C1CCCCC1)N(C)C(=O)c1cc(Oc2c(Cl)cc(Nc3nn[nH]n3)cc2Cl)ccc1O. The standard InChI is InChI=1S/C23H26Cl2N6O3/c1-13(14-6-4-3-5-7-14)31(2)22(33)17-12-16(8-9-20(17)32)34-21-18(24)10-15(11-19(21)25)26-23-27-29-30-28-23/h8-14,32H,3-7H2,1-2H3,(H2,26,27,28,29,30). The maximum atomic E-state index is 13.2. The van der Waals surface area contributed by atoms with Gasteiger partial charge in [0.15, 0.2) is 5.75 Å². The van der Waals surface area contributed by atoms with E-state index in [1.54, 1.807) is 30.1 Å². The van der Waals surface area contributed by atoms with Gasteiger partial charge in [-0.05, 0) is 61.2 Å². The maximum absolute atomic E-state index is 13.2. The Morgan fingerprint density at radius 3 is 2.56 bits per heavy atom. The molecule has 34 heavy (non-hydrogen) atoms. The molecule has 2 aromatic carbocycles. The average molecular weight is 505 g/mol. The molecule has 0 aliphatic heterocycles. The number of rotatable bonds is 7. The van der Waals surface area contributed by atoms with E-state index in [0.717, 1.165) is 12.8 Å². The molecule has 1 aliphatic rings. The Morgan fingerprint density at radius 2 is 1.91 bits per heavy atom. The summed E-state index contributed by atoms with van der Waals surface area (Å²) >= 11 is 12.8.